The van der Waals surface area contributed by atoms with E-state index in [1.807, 2.05) is 4.90 Å². The van der Waals surface area contributed by atoms with Gasteiger partial charge in [-0.1, -0.05) is 6.42 Å². The summed E-state index contributed by atoms with van der Waals surface area (Å²) in [5.74, 6) is -0.405. The van der Waals surface area contributed by atoms with Gasteiger partial charge in [0.05, 0.1) is 6.04 Å². The second kappa shape index (κ2) is 8.49. The van der Waals surface area contributed by atoms with Crippen LogP contribution >= 0.6 is 0 Å². The molecule has 2 amide bonds. The number of primary amides is 1. The van der Waals surface area contributed by atoms with Crippen LogP contribution in [0.2, 0.25) is 0 Å². The Morgan fingerprint density at radius 1 is 1.04 bits per heavy atom. The van der Waals surface area contributed by atoms with Crippen LogP contribution in [0.1, 0.15) is 25.7 Å². The van der Waals surface area contributed by atoms with E-state index in [1.165, 1.54) is 12.1 Å². The zero-order valence-electron chi connectivity index (χ0n) is 15.1. The van der Waals surface area contributed by atoms with Crippen molar-refractivity contribution in [3.8, 4) is 0 Å². The Kier molecular flexibility index (Phi) is 6.08. The highest BCUT2D eigenvalue weighted by Crippen LogP contribution is 2.19. The van der Waals surface area contributed by atoms with Gasteiger partial charge in [0.15, 0.2) is 0 Å². The fourth-order valence-electron chi connectivity index (χ4n) is 3.84. The number of halogens is 1. The van der Waals surface area contributed by atoms with Crippen LogP contribution in [0.25, 0.3) is 0 Å². The molecule has 2 heterocycles. The molecule has 1 aromatic carbocycles. The summed E-state index contributed by atoms with van der Waals surface area (Å²) >= 11 is 0. The maximum atomic E-state index is 13.0. The monoisotopic (exact) mass is 362 g/mol. The van der Waals surface area contributed by atoms with Gasteiger partial charge >= 0.3 is 0 Å². The van der Waals surface area contributed by atoms with Gasteiger partial charge in [0.2, 0.25) is 11.8 Å². The summed E-state index contributed by atoms with van der Waals surface area (Å²) < 4.78 is 13.0. The average molecular weight is 362 g/mol. The van der Waals surface area contributed by atoms with Gasteiger partial charge in [-0.05, 0) is 43.7 Å². The second-order valence-electron chi connectivity index (χ2n) is 7.04. The molecule has 2 aliphatic rings. The van der Waals surface area contributed by atoms with E-state index in [9.17, 15) is 14.0 Å². The normalized spacial score (nSPS) is 21.7. The molecule has 0 aromatic heterocycles. The topological polar surface area (TPSA) is 69.9 Å². The van der Waals surface area contributed by atoms with E-state index in [-0.39, 0.29) is 23.7 Å². The lowest BCUT2D eigenvalue weighted by molar-refractivity contribution is -0.133. The summed E-state index contributed by atoms with van der Waals surface area (Å²) in [5, 5.41) is 0. The number of nitrogens with two attached hydrogens (primary N) is 1. The van der Waals surface area contributed by atoms with Gasteiger partial charge in [0.1, 0.15) is 5.82 Å². The molecule has 1 atom stereocenters. The lowest BCUT2D eigenvalue weighted by atomic mass is 10.0. The van der Waals surface area contributed by atoms with Crippen molar-refractivity contribution in [1.82, 2.24) is 9.80 Å². The Hall–Kier alpha value is -2.15. The molecule has 0 unspecified atom stereocenters. The fraction of sp³-hybridized carbons (Fsp3) is 0.579. The molecule has 6 nitrogen and oxygen atoms in total. The number of piperidine rings is 1. The predicted molar refractivity (Wildman–Crippen MR) is 98.2 cm³/mol. The number of nitrogens with zero attached hydrogens (tertiary/aromatic N) is 3. The van der Waals surface area contributed by atoms with Crippen LogP contribution in [-0.2, 0) is 9.59 Å². The molecular formula is C19H27FN4O2. The maximum Gasteiger partial charge on any atom is 0.234 e. The molecule has 3 rings (SSSR count). The molecule has 2 fully saturated rings. The molecule has 2 aliphatic heterocycles. The van der Waals surface area contributed by atoms with Crippen LogP contribution in [0.4, 0.5) is 10.1 Å². The Bertz CT molecular complexity index is 629. The zero-order valence-corrected chi connectivity index (χ0v) is 15.1. The SMILES string of the molecule is NC(=O)[C@H]1CCCCN1CCC(=O)N1CCN(c2ccc(F)cc2)CC1. The number of hydrogen-bond donors (Lipinski definition) is 1. The number of carbonyl (C=O) groups excluding carboxylic acids is 2. The van der Waals surface area contributed by atoms with Crippen molar-refractivity contribution in [3.05, 3.63) is 30.1 Å². The number of likely N-dealkylation sites (tertiary alicyclic amines) is 1. The molecule has 1 aromatic rings. The average Bonchev–Trinajstić information content (AvgIpc) is 2.67. The molecule has 0 spiro atoms. The summed E-state index contributed by atoms with van der Waals surface area (Å²) in [6.45, 7) is 4.23. The summed E-state index contributed by atoms with van der Waals surface area (Å²) in [4.78, 5) is 30.2. The highest BCUT2D eigenvalue weighted by Gasteiger charge is 2.28. The Labute approximate surface area is 153 Å². The third kappa shape index (κ3) is 4.52. The highest BCUT2D eigenvalue weighted by atomic mass is 19.1. The molecular weight excluding hydrogens is 335 g/mol. The molecule has 0 saturated carbocycles. The number of hydrogen-bond acceptors (Lipinski definition) is 4. The van der Waals surface area contributed by atoms with E-state index in [1.54, 1.807) is 12.1 Å². The first kappa shape index (κ1) is 18.6. The van der Waals surface area contributed by atoms with Gasteiger partial charge in [-0.2, -0.15) is 0 Å². The minimum Gasteiger partial charge on any atom is -0.368 e. The van der Waals surface area contributed by atoms with E-state index >= 15 is 0 Å². The fourth-order valence-corrected chi connectivity index (χ4v) is 3.84. The number of benzene rings is 1. The molecule has 2 saturated heterocycles. The first-order chi connectivity index (χ1) is 12.5. The summed E-state index contributed by atoms with van der Waals surface area (Å²) in [7, 11) is 0. The third-order valence-electron chi connectivity index (χ3n) is 5.38. The van der Waals surface area contributed by atoms with Crippen LogP contribution < -0.4 is 10.6 Å². The molecule has 26 heavy (non-hydrogen) atoms. The minimum absolute atomic E-state index is 0.123. The summed E-state index contributed by atoms with van der Waals surface area (Å²) in [5.41, 5.74) is 6.46. The number of rotatable bonds is 5. The zero-order chi connectivity index (χ0) is 18.5. The van der Waals surface area contributed by atoms with Gasteiger partial charge in [-0.15, -0.1) is 0 Å². The summed E-state index contributed by atoms with van der Waals surface area (Å²) in [6, 6.07) is 6.23. The van der Waals surface area contributed by atoms with Crippen LogP contribution in [-0.4, -0.2) is 66.9 Å². The van der Waals surface area contributed by atoms with Crippen LogP contribution in [0.5, 0.6) is 0 Å². The largest absolute Gasteiger partial charge is 0.368 e. The third-order valence-corrected chi connectivity index (χ3v) is 5.38. The first-order valence-corrected chi connectivity index (χ1v) is 9.36. The quantitative estimate of drug-likeness (QED) is 0.855. The van der Waals surface area contributed by atoms with E-state index in [2.05, 4.69) is 9.80 Å². The smallest absolute Gasteiger partial charge is 0.234 e. The maximum absolute atomic E-state index is 13.0. The number of piperazine rings is 1. The molecule has 0 bridgehead atoms. The van der Waals surface area contributed by atoms with Crippen molar-refractivity contribution in [1.29, 1.82) is 0 Å². The Morgan fingerprint density at radius 3 is 2.38 bits per heavy atom. The number of amides is 2. The van der Waals surface area contributed by atoms with E-state index in [4.69, 9.17) is 5.73 Å². The predicted octanol–water partition coefficient (Wildman–Crippen LogP) is 1.20. The molecule has 0 radical (unpaired) electrons. The van der Waals surface area contributed by atoms with Gasteiger partial charge in [0, 0.05) is 44.8 Å². The van der Waals surface area contributed by atoms with Gasteiger partial charge in [0.25, 0.3) is 0 Å². The lowest BCUT2D eigenvalue weighted by Gasteiger charge is -2.37. The lowest BCUT2D eigenvalue weighted by Crippen LogP contribution is -2.51. The second-order valence-corrected chi connectivity index (χ2v) is 7.04. The highest BCUT2D eigenvalue weighted by molar-refractivity contribution is 5.80. The van der Waals surface area contributed by atoms with Crippen molar-refractivity contribution in [2.75, 3.05) is 44.2 Å². The number of carbonyl (C=O) groups is 2. The van der Waals surface area contributed by atoms with Crippen LogP contribution in [0, 0.1) is 5.82 Å². The van der Waals surface area contributed by atoms with Crippen molar-refractivity contribution in [3.63, 3.8) is 0 Å². The molecule has 7 heteroatoms. The molecule has 0 aliphatic carbocycles. The van der Waals surface area contributed by atoms with Crippen LogP contribution in [0.15, 0.2) is 24.3 Å². The van der Waals surface area contributed by atoms with Gasteiger partial charge in [-0.3, -0.25) is 14.5 Å². The summed E-state index contributed by atoms with van der Waals surface area (Å²) in [6.07, 6.45) is 3.28. The van der Waals surface area contributed by atoms with Crippen molar-refractivity contribution >= 4 is 17.5 Å². The van der Waals surface area contributed by atoms with Gasteiger partial charge < -0.3 is 15.5 Å². The van der Waals surface area contributed by atoms with Crippen molar-refractivity contribution < 1.29 is 14.0 Å². The minimum atomic E-state index is -0.287. The van der Waals surface area contributed by atoms with E-state index < -0.39 is 0 Å². The number of anilines is 1. The van der Waals surface area contributed by atoms with E-state index in [0.29, 0.717) is 26.1 Å². The molecule has 142 valence electrons. The first-order valence-electron chi connectivity index (χ1n) is 9.36. The van der Waals surface area contributed by atoms with E-state index in [0.717, 1.165) is 44.6 Å². The Morgan fingerprint density at radius 2 is 1.73 bits per heavy atom. The standard InChI is InChI=1S/C19H27FN4O2/c20-15-4-6-16(7-5-15)22-11-13-24(14-12-22)18(25)8-10-23-9-2-1-3-17(23)19(21)26/h4-7,17H,1-3,8-14H2,(H2,21,26)/t17-/m1/s1. The van der Waals surface area contributed by atoms with Gasteiger partial charge in [-0.25, -0.2) is 4.39 Å². The molecule has 2 N–H and O–H groups in total. The van der Waals surface area contributed by atoms with Crippen molar-refractivity contribution in [2.24, 2.45) is 5.73 Å². The van der Waals surface area contributed by atoms with Crippen molar-refractivity contribution in [2.45, 2.75) is 31.7 Å². The Balaban J connectivity index is 1.46. The van der Waals surface area contributed by atoms with Crippen LogP contribution in [0.3, 0.4) is 0 Å².